The van der Waals surface area contributed by atoms with Crippen molar-refractivity contribution in [3.63, 3.8) is 0 Å². The fourth-order valence-corrected chi connectivity index (χ4v) is 2.34. The maximum absolute atomic E-state index is 9.34. The molecule has 0 unspecified atom stereocenters. The molecule has 0 heterocycles. The summed E-state index contributed by atoms with van der Waals surface area (Å²) in [6.45, 7) is 2.97. The Bertz CT molecular complexity index is 650. The summed E-state index contributed by atoms with van der Waals surface area (Å²) in [5.41, 5.74) is 2.61. The molecule has 0 bridgehead atoms. The Morgan fingerprint density at radius 3 is 2.39 bits per heavy atom. The summed E-state index contributed by atoms with van der Waals surface area (Å²) in [5.74, 6) is 0.886. The van der Waals surface area contributed by atoms with E-state index in [0.29, 0.717) is 5.57 Å². The molecule has 2 heteroatoms. The van der Waals surface area contributed by atoms with Crippen molar-refractivity contribution in [2.45, 2.75) is 32.6 Å². The third kappa shape index (κ3) is 5.64. The summed E-state index contributed by atoms with van der Waals surface area (Å²) in [5, 5.41) is 9.34. The fraction of sp³-hybridized carbons (Fsp3) is 0.286. The van der Waals surface area contributed by atoms with E-state index in [9.17, 15) is 5.26 Å². The predicted molar refractivity (Wildman–Crippen MR) is 96.0 cm³/mol. The zero-order valence-electron chi connectivity index (χ0n) is 13.7. The molecule has 118 valence electrons. The number of hydrogen-bond acceptors (Lipinski definition) is 2. The van der Waals surface area contributed by atoms with Crippen LogP contribution in [0.2, 0.25) is 0 Å². The van der Waals surface area contributed by atoms with Gasteiger partial charge in [-0.05, 0) is 35.8 Å². The Hall–Kier alpha value is -2.53. The van der Waals surface area contributed by atoms with Gasteiger partial charge in [0.25, 0.3) is 0 Å². The lowest BCUT2D eigenvalue weighted by molar-refractivity contribution is 0.305. The number of ether oxygens (including phenoxy) is 1. The highest BCUT2D eigenvalue weighted by molar-refractivity contribution is 5.89. The number of nitriles is 1. The average Bonchev–Trinajstić information content (AvgIpc) is 2.61. The van der Waals surface area contributed by atoms with Gasteiger partial charge in [0.05, 0.1) is 18.2 Å². The first-order chi connectivity index (χ1) is 11.3. The Labute approximate surface area is 139 Å². The summed E-state index contributed by atoms with van der Waals surface area (Å²) in [6.07, 6.45) is 6.73. The standard InChI is InChI=1S/C21H23NO/c1-2-3-4-8-15-23-21-13-11-18(12-14-21)16-20(17-22)19-9-6-5-7-10-19/h5-7,9-14,16H,2-4,8,15H2,1H3/b20-16-. The van der Waals surface area contributed by atoms with Crippen LogP contribution in [-0.2, 0) is 0 Å². The minimum Gasteiger partial charge on any atom is -0.494 e. The molecule has 0 aliphatic rings. The molecule has 2 rings (SSSR count). The number of allylic oxidation sites excluding steroid dienone is 1. The minimum atomic E-state index is 0.666. The van der Waals surface area contributed by atoms with Crippen molar-refractivity contribution >= 4 is 11.6 Å². The lowest BCUT2D eigenvalue weighted by Crippen LogP contribution is -1.96. The molecule has 0 radical (unpaired) electrons. The first kappa shape index (κ1) is 16.8. The molecule has 0 fully saturated rings. The molecule has 2 aromatic rings. The normalized spacial score (nSPS) is 11.0. The van der Waals surface area contributed by atoms with Gasteiger partial charge in [0.2, 0.25) is 0 Å². The van der Waals surface area contributed by atoms with Gasteiger partial charge in [-0.1, -0.05) is 68.7 Å². The maximum Gasteiger partial charge on any atom is 0.119 e. The Morgan fingerprint density at radius 2 is 1.74 bits per heavy atom. The van der Waals surface area contributed by atoms with Crippen molar-refractivity contribution in [3.8, 4) is 11.8 Å². The maximum atomic E-state index is 9.34. The SMILES string of the molecule is CCCCCCOc1ccc(/C=C(/C#N)c2ccccc2)cc1. The highest BCUT2D eigenvalue weighted by Crippen LogP contribution is 2.19. The van der Waals surface area contributed by atoms with Gasteiger partial charge in [0, 0.05) is 0 Å². The van der Waals surface area contributed by atoms with Crippen molar-refractivity contribution in [2.75, 3.05) is 6.61 Å². The quantitative estimate of drug-likeness (QED) is 0.355. The number of benzene rings is 2. The van der Waals surface area contributed by atoms with Crippen LogP contribution in [0, 0.1) is 11.3 Å². The van der Waals surface area contributed by atoms with Crippen LogP contribution in [-0.4, -0.2) is 6.61 Å². The summed E-state index contributed by atoms with van der Waals surface area (Å²) < 4.78 is 5.74. The molecule has 0 amide bonds. The van der Waals surface area contributed by atoms with Crippen molar-refractivity contribution in [3.05, 3.63) is 65.7 Å². The van der Waals surface area contributed by atoms with E-state index in [4.69, 9.17) is 4.74 Å². The molecule has 0 saturated heterocycles. The smallest absolute Gasteiger partial charge is 0.119 e. The van der Waals surface area contributed by atoms with Crippen molar-refractivity contribution < 1.29 is 4.74 Å². The second kappa shape index (κ2) is 9.48. The molecule has 0 aromatic heterocycles. The van der Waals surface area contributed by atoms with E-state index in [0.717, 1.165) is 29.9 Å². The Balaban J connectivity index is 1.96. The first-order valence-electron chi connectivity index (χ1n) is 8.23. The van der Waals surface area contributed by atoms with Gasteiger partial charge in [-0.2, -0.15) is 5.26 Å². The van der Waals surface area contributed by atoms with Gasteiger partial charge < -0.3 is 4.74 Å². The number of rotatable bonds is 8. The van der Waals surface area contributed by atoms with Crippen LogP contribution < -0.4 is 4.74 Å². The topological polar surface area (TPSA) is 33.0 Å². The molecule has 23 heavy (non-hydrogen) atoms. The monoisotopic (exact) mass is 305 g/mol. The summed E-state index contributed by atoms with van der Waals surface area (Å²) in [6, 6.07) is 19.9. The van der Waals surface area contributed by atoms with E-state index >= 15 is 0 Å². The van der Waals surface area contributed by atoms with Crippen LogP contribution in [0.25, 0.3) is 11.6 Å². The molecule has 0 N–H and O–H groups in total. The van der Waals surface area contributed by atoms with E-state index in [1.165, 1.54) is 19.3 Å². The largest absolute Gasteiger partial charge is 0.494 e. The van der Waals surface area contributed by atoms with Crippen LogP contribution in [0.4, 0.5) is 0 Å². The summed E-state index contributed by atoms with van der Waals surface area (Å²) in [4.78, 5) is 0. The summed E-state index contributed by atoms with van der Waals surface area (Å²) >= 11 is 0. The molecule has 0 spiro atoms. The number of hydrogen-bond donors (Lipinski definition) is 0. The van der Waals surface area contributed by atoms with E-state index in [-0.39, 0.29) is 0 Å². The molecule has 2 aromatic carbocycles. The van der Waals surface area contributed by atoms with Gasteiger partial charge in [0.1, 0.15) is 5.75 Å². The molecule has 0 aliphatic heterocycles. The van der Waals surface area contributed by atoms with Crippen LogP contribution >= 0.6 is 0 Å². The average molecular weight is 305 g/mol. The van der Waals surface area contributed by atoms with Gasteiger partial charge in [0.15, 0.2) is 0 Å². The molecule has 0 saturated carbocycles. The van der Waals surface area contributed by atoms with E-state index in [1.54, 1.807) is 0 Å². The van der Waals surface area contributed by atoms with E-state index in [2.05, 4.69) is 13.0 Å². The Kier molecular flexibility index (Phi) is 6.94. The number of unbranched alkanes of at least 4 members (excludes halogenated alkanes) is 3. The van der Waals surface area contributed by atoms with E-state index < -0.39 is 0 Å². The highest BCUT2D eigenvalue weighted by Gasteiger charge is 2.00. The number of nitrogens with zero attached hydrogens (tertiary/aromatic N) is 1. The fourth-order valence-electron chi connectivity index (χ4n) is 2.34. The van der Waals surface area contributed by atoms with Crippen molar-refractivity contribution in [1.29, 1.82) is 5.26 Å². The third-order valence-corrected chi connectivity index (χ3v) is 3.66. The first-order valence-corrected chi connectivity index (χ1v) is 8.23. The van der Waals surface area contributed by atoms with Crippen LogP contribution in [0.5, 0.6) is 5.75 Å². The van der Waals surface area contributed by atoms with E-state index in [1.807, 2.05) is 60.7 Å². The van der Waals surface area contributed by atoms with Crippen molar-refractivity contribution in [1.82, 2.24) is 0 Å². The lowest BCUT2D eigenvalue weighted by atomic mass is 10.0. The molecule has 2 nitrogen and oxygen atoms in total. The van der Waals surface area contributed by atoms with Gasteiger partial charge >= 0.3 is 0 Å². The Morgan fingerprint density at radius 1 is 1.00 bits per heavy atom. The van der Waals surface area contributed by atoms with Crippen molar-refractivity contribution in [2.24, 2.45) is 0 Å². The van der Waals surface area contributed by atoms with Gasteiger partial charge in [-0.3, -0.25) is 0 Å². The molecular weight excluding hydrogens is 282 g/mol. The molecule has 0 aliphatic carbocycles. The highest BCUT2D eigenvalue weighted by atomic mass is 16.5. The zero-order valence-corrected chi connectivity index (χ0v) is 13.7. The minimum absolute atomic E-state index is 0.666. The zero-order chi connectivity index (χ0) is 16.3. The molecular formula is C21H23NO. The lowest BCUT2D eigenvalue weighted by Gasteiger charge is -2.06. The van der Waals surface area contributed by atoms with Gasteiger partial charge in [-0.25, -0.2) is 0 Å². The van der Waals surface area contributed by atoms with Crippen LogP contribution in [0.1, 0.15) is 43.7 Å². The van der Waals surface area contributed by atoms with Crippen LogP contribution in [0.15, 0.2) is 54.6 Å². The second-order valence-electron chi connectivity index (χ2n) is 5.51. The van der Waals surface area contributed by atoms with Crippen LogP contribution in [0.3, 0.4) is 0 Å². The predicted octanol–water partition coefficient (Wildman–Crippen LogP) is 5.71. The third-order valence-electron chi connectivity index (χ3n) is 3.66. The molecule has 0 atom stereocenters. The summed E-state index contributed by atoms with van der Waals surface area (Å²) in [7, 11) is 0. The second-order valence-corrected chi connectivity index (χ2v) is 5.51. The van der Waals surface area contributed by atoms with Gasteiger partial charge in [-0.15, -0.1) is 0 Å².